The Morgan fingerprint density at radius 1 is 0.944 bits per heavy atom. The molecule has 0 amide bonds. The first-order chi connectivity index (χ1) is 7.83. The van der Waals surface area contributed by atoms with Gasteiger partial charge in [-0.15, -0.1) is 0 Å². The Kier molecular flexibility index (Phi) is 4.32. The van der Waals surface area contributed by atoms with Gasteiger partial charge in [0.2, 0.25) is 0 Å². The highest BCUT2D eigenvalue weighted by Crippen LogP contribution is 2.22. The zero-order chi connectivity index (χ0) is 14.4. The van der Waals surface area contributed by atoms with E-state index in [0.29, 0.717) is 0 Å². The quantitative estimate of drug-likeness (QED) is 0.751. The van der Waals surface area contributed by atoms with Crippen LogP contribution in [0.4, 0.5) is 0 Å². The molecule has 102 valence electrons. The Balaban J connectivity index is 3.50. The molecule has 0 aliphatic rings. The molecule has 0 spiro atoms. The summed E-state index contributed by atoms with van der Waals surface area (Å²) in [6.07, 6.45) is 0. The monoisotopic (exact) mass is 297 g/mol. The Morgan fingerprint density at radius 3 is 1.78 bits per heavy atom. The topological polar surface area (TPSA) is 12.9 Å². The molecule has 0 aliphatic heterocycles. The maximum atomic E-state index is 4.84. The van der Waals surface area contributed by atoms with Crippen molar-refractivity contribution < 1.29 is 0 Å². The van der Waals surface area contributed by atoms with Crippen molar-refractivity contribution in [1.82, 2.24) is 4.75 Å². The van der Waals surface area contributed by atoms with E-state index in [-0.39, 0.29) is 5.41 Å². The van der Waals surface area contributed by atoms with Gasteiger partial charge in [-0.05, 0) is 11.0 Å². The molecule has 1 heterocycles. The molecule has 18 heavy (non-hydrogen) atoms. The van der Waals surface area contributed by atoms with Gasteiger partial charge in [-0.3, -0.25) is 0 Å². The van der Waals surface area contributed by atoms with Crippen molar-refractivity contribution in [2.24, 2.45) is 0 Å². The van der Waals surface area contributed by atoms with Crippen molar-refractivity contribution in [2.75, 3.05) is 0 Å². The van der Waals surface area contributed by atoms with Crippen LogP contribution in [0, 0.1) is 0 Å². The Bertz CT molecular complexity index is 437. The summed E-state index contributed by atoms with van der Waals surface area (Å²) < 4.78 is 4.84. The molecule has 1 aromatic rings. The van der Waals surface area contributed by atoms with E-state index in [2.05, 4.69) is 66.1 Å². The van der Waals surface area contributed by atoms with E-state index in [1.807, 2.05) is 0 Å². The molecular formula is C14H28NPSi2. The fourth-order valence-electron chi connectivity index (χ4n) is 1.88. The summed E-state index contributed by atoms with van der Waals surface area (Å²) in [6, 6.07) is 2.43. The molecule has 0 aromatic carbocycles. The highest BCUT2D eigenvalue weighted by atomic mass is 31.0. The van der Waals surface area contributed by atoms with E-state index in [1.165, 1.54) is 14.0 Å². The van der Waals surface area contributed by atoms with Crippen molar-refractivity contribution >= 4 is 34.6 Å². The molecule has 0 N–H and O–H groups in total. The lowest BCUT2D eigenvalue weighted by atomic mass is 9.92. The van der Waals surface area contributed by atoms with Crippen LogP contribution in [0.2, 0.25) is 39.3 Å². The minimum absolute atomic E-state index is 0.170. The van der Waals surface area contributed by atoms with Crippen LogP contribution in [0.15, 0.2) is 6.07 Å². The van der Waals surface area contributed by atoms with Gasteiger partial charge in [-0.1, -0.05) is 65.2 Å². The van der Waals surface area contributed by atoms with E-state index in [0.717, 1.165) is 0 Å². The fourth-order valence-corrected chi connectivity index (χ4v) is 9.54. The van der Waals surface area contributed by atoms with Gasteiger partial charge in [0.1, 0.15) is 0 Å². The van der Waals surface area contributed by atoms with Crippen molar-refractivity contribution in [3.05, 3.63) is 11.8 Å². The van der Waals surface area contributed by atoms with E-state index >= 15 is 0 Å². The van der Waals surface area contributed by atoms with E-state index in [4.69, 9.17) is 4.75 Å². The summed E-state index contributed by atoms with van der Waals surface area (Å²) in [5.41, 5.74) is 1.45. The molecule has 0 unspecified atom stereocenters. The van der Waals surface area contributed by atoms with E-state index in [1.54, 1.807) is 10.1 Å². The smallest absolute Gasteiger partial charge is 0.0853 e. The van der Waals surface area contributed by atoms with Crippen LogP contribution >= 0.6 is 8.35 Å². The number of hydrogen-bond donors (Lipinski definition) is 0. The van der Waals surface area contributed by atoms with Gasteiger partial charge < -0.3 is 0 Å². The molecule has 0 saturated carbocycles. The van der Waals surface area contributed by atoms with E-state index in [9.17, 15) is 0 Å². The second kappa shape index (κ2) is 4.84. The van der Waals surface area contributed by atoms with Crippen molar-refractivity contribution in [1.29, 1.82) is 0 Å². The maximum absolute atomic E-state index is 4.84. The normalized spacial score (nSPS) is 14.3. The molecule has 0 fully saturated rings. The zero-order valence-electron chi connectivity index (χ0n) is 13.5. The van der Waals surface area contributed by atoms with Crippen LogP contribution in [0.3, 0.4) is 0 Å². The summed E-state index contributed by atoms with van der Waals surface area (Å²) in [5, 5.41) is 1.67. The number of aromatic nitrogens is 1. The third-order valence-electron chi connectivity index (χ3n) is 3.08. The highest BCUT2D eigenvalue weighted by molar-refractivity contribution is 7.39. The number of hydrogen-bond acceptors (Lipinski definition) is 1. The summed E-state index contributed by atoms with van der Waals surface area (Å²) in [4.78, 5) is 1.66. The second-order valence-electron chi connectivity index (χ2n) is 8.24. The van der Waals surface area contributed by atoms with Crippen LogP contribution in [0.1, 0.15) is 26.5 Å². The summed E-state index contributed by atoms with van der Waals surface area (Å²) in [6.45, 7) is 21.5. The molecule has 0 bridgehead atoms. The van der Waals surface area contributed by atoms with Gasteiger partial charge in [-0.25, -0.2) is 4.75 Å². The van der Waals surface area contributed by atoms with Crippen molar-refractivity contribution in [2.45, 2.75) is 65.5 Å². The standard InChI is InChI=1S/C14H28NPSi2/c1-14(2,3)12-10-11(17(4,5)6)13(16-15-12)18(7,8)9/h10H,1-9H3. The molecule has 0 saturated heterocycles. The molecule has 0 atom stereocenters. The third-order valence-corrected chi connectivity index (χ3v) is 10.3. The predicted octanol–water partition coefficient (Wildman–Crippen LogP) is 4.05. The SMILES string of the molecule is CC(C)(C)c1cc([Si](C)(C)C)c([Si](C)(C)C)pn1. The largest absolute Gasteiger partial charge is 0.232 e. The lowest BCUT2D eigenvalue weighted by Gasteiger charge is -2.29. The Hall–Kier alpha value is 0.0138. The molecule has 1 rings (SSSR count). The van der Waals surface area contributed by atoms with Crippen LogP contribution in [0.5, 0.6) is 0 Å². The van der Waals surface area contributed by atoms with Gasteiger partial charge in [0.25, 0.3) is 0 Å². The molecular weight excluding hydrogens is 269 g/mol. The first-order valence-electron chi connectivity index (χ1n) is 6.72. The average molecular weight is 298 g/mol. The predicted molar refractivity (Wildman–Crippen MR) is 91.4 cm³/mol. The summed E-state index contributed by atoms with van der Waals surface area (Å²) >= 11 is 0. The van der Waals surface area contributed by atoms with Crippen LogP contribution in [-0.4, -0.2) is 20.9 Å². The second-order valence-corrected chi connectivity index (χ2v) is 19.5. The van der Waals surface area contributed by atoms with Crippen molar-refractivity contribution in [3.8, 4) is 0 Å². The van der Waals surface area contributed by atoms with Gasteiger partial charge >= 0.3 is 0 Å². The lowest BCUT2D eigenvalue weighted by Crippen LogP contribution is -2.55. The van der Waals surface area contributed by atoms with Crippen LogP contribution in [-0.2, 0) is 5.41 Å². The van der Waals surface area contributed by atoms with Gasteiger partial charge in [-0.2, -0.15) is 0 Å². The molecule has 0 radical (unpaired) electrons. The Morgan fingerprint density at radius 2 is 1.44 bits per heavy atom. The number of rotatable bonds is 2. The van der Waals surface area contributed by atoms with Gasteiger partial charge in [0.15, 0.2) is 0 Å². The fraction of sp³-hybridized carbons (Fsp3) is 0.714. The van der Waals surface area contributed by atoms with Crippen molar-refractivity contribution in [3.63, 3.8) is 0 Å². The first kappa shape index (κ1) is 16.1. The highest BCUT2D eigenvalue weighted by Gasteiger charge is 2.30. The third kappa shape index (κ3) is 3.75. The summed E-state index contributed by atoms with van der Waals surface area (Å²) in [5.74, 6) is 0. The minimum atomic E-state index is -1.28. The minimum Gasteiger partial charge on any atom is -0.232 e. The molecule has 1 aromatic heterocycles. The summed E-state index contributed by atoms with van der Waals surface area (Å²) in [7, 11) is -1.30. The average Bonchev–Trinajstić information content (AvgIpc) is 2.12. The molecule has 1 nitrogen and oxygen atoms in total. The first-order valence-corrected chi connectivity index (χ1v) is 14.6. The van der Waals surface area contributed by atoms with Crippen LogP contribution in [0.25, 0.3) is 0 Å². The van der Waals surface area contributed by atoms with Gasteiger partial charge in [0, 0.05) is 13.8 Å². The Labute approximate surface area is 117 Å². The lowest BCUT2D eigenvalue weighted by molar-refractivity contribution is 0.575. The number of nitrogens with zero attached hydrogens (tertiary/aromatic N) is 1. The molecule has 4 heteroatoms. The molecule has 0 aliphatic carbocycles. The van der Waals surface area contributed by atoms with Crippen LogP contribution < -0.4 is 10.1 Å². The van der Waals surface area contributed by atoms with Gasteiger partial charge in [0.05, 0.1) is 21.8 Å². The maximum Gasteiger partial charge on any atom is 0.0853 e. The van der Waals surface area contributed by atoms with E-state index < -0.39 is 16.1 Å². The zero-order valence-corrected chi connectivity index (χ0v) is 16.4.